The molecule has 3 aliphatic rings. The molecule has 1 unspecified atom stereocenters. The number of allylic oxidation sites excluding steroid dienone is 2. The van der Waals surface area contributed by atoms with Gasteiger partial charge >= 0.3 is 35.0 Å². The Balaban J connectivity index is 0.00000748. The molecule has 334 valence electrons. The second-order valence-electron chi connectivity index (χ2n) is 18.0. The number of ketones is 1. The number of aliphatic hydroxyl groups excluding tert-OH is 1. The van der Waals surface area contributed by atoms with E-state index in [1.165, 1.54) is 51.2 Å². The summed E-state index contributed by atoms with van der Waals surface area (Å²) < 4.78 is 11.0. The molecule has 1 saturated heterocycles. The molecule has 1 N–H and O–H groups in total. The zero-order valence-electron chi connectivity index (χ0n) is 39.1. The molecule has 5 heterocycles. The van der Waals surface area contributed by atoms with Crippen LogP contribution in [0.3, 0.4) is 0 Å². The summed E-state index contributed by atoms with van der Waals surface area (Å²) in [5.74, 6) is -1.50. The summed E-state index contributed by atoms with van der Waals surface area (Å²) in [7, 11) is 1.28. The van der Waals surface area contributed by atoms with Gasteiger partial charge in [0.1, 0.15) is 12.5 Å². The van der Waals surface area contributed by atoms with Gasteiger partial charge in [0, 0.05) is 12.0 Å². The summed E-state index contributed by atoms with van der Waals surface area (Å²) in [6.45, 7) is 21.3. The molecule has 63 heavy (non-hydrogen) atoms. The first-order valence-electron chi connectivity index (χ1n) is 22.8. The van der Waals surface area contributed by atoms with Crippen molar-refractivity contribution in [2.75, 3.05) is 13.7 Å². The summed E-state index contributed by atoms with van der Waals surface area (Å²) >= 11 is 0. The topological polar surface area (TPSA) is 146 Å². The van der Waals surface area contributed by atoms with Gasteiger partial charge in [-0.3, -0.25) is 14.4 Å². The van der Waals surface area contributed by atoms with E-state index >= 15 is 0 Å². The van der Waals surface area contributed by atoms with Crippen LogP contribution in [0.25, 0.3) is 41.5 Å². The number of rotatable bonds is 18. The number of carbonyl (C=O) groups excluding carboxylic acids is 3. The number of methoxy groups -OCH3 is 1. The second kappa shape index (κ2) is 21.9. The van der Waals surface area contributed by atoms with Crippen LogP contribution in [0.5, 0.6) is 0 Å². The molecule has 11 heteroatoms. The first-order valence-corrected chi connectivity index (χ1v) is 22.8. The average Bonchev–Trinajstić information content (AvgIpc) is 4.00. The molecule has 6 atom stereocenters. The SMILES string of the molecule is C=Cc1c2[n-]c(c1C)/C=C1\[N-]C(C3=c4[n-]/c(c(C)c4C(=O)[C@@H]3C(=O)OC)=C\c3[n-]c(/c(=C/O)c3CC)=C\2)[C@@H](CCC(=O)OC/C=C(\C)CCC[C@@H](C)CCC[C@H](C)CCC)[C@@H]1C.[Mg+2]. The number of carbonyl (C=O) groups is 3. The van der Waals surface area contributed by atoms with Crippen LogP contribution in [0.2, 0.25) is 0 Å². The average molecular weight is 867 g/mol. The van der Waals surface area contributed by atoms with Crippen LogP contribution in [-0.2, 0) is 25.5 Å². The van der Waals surface area contributed by atoms with Gasteiger partial charge in [0.25, 0.3) is 0 Å². The number of hydrogen-bond acceptors (Lipinski definition) is 6. The predicted molar refractivity (Wildman–Crippen MR) is 253 cm³/mol. The fourth-order valence-electron chi connectivity index (χ4n) is 9.91. The minimum absolute atomic E-state index is 0. The van der Waals surface area contributed by atoms with Gasteiger partial charge in [0.2, 0.25) is 0 Å². The van der Waals surface area contributed by atoms with Crippen molar-refractivity contribution in [2.45, 2.75) is 132 Å². The van der Waals surface area contributed by atoms with E-state index in [0.717, 1.165) is 47.4 Å². The van der Waals surface area contributed by atoms with Crippen LogP contribution in [0, 0.1) is 43.4 Å². The minimum atomic E-state index is -1.22. The monoisotopic (exact) mass is 866 g/mol. The number of aromatic nitrogens is 3. The number of Topliss-reactive ketones (excluding diaryl/α,β-unsaturated/α-hetero) is 1. The first-order chi connectivity index (χ1) is 29.8. The third kappa shape index (κ3) is 10.6. The van der Waals surface area contributed by atoms with Gasteiger partial charge < -0.3 is 34.8 Å². The van der Waals surface area contributed by atoms with Crippen LogP contribution < -0.4 is 36.2 Å². The van der Waals surface area contributed by atoms with E-state index < -0.39 is 17.9 Å². The molecule has 0 spiro atoms. The number of esters is 2. The van der Waals surface area contributed by atoms with Crippen LogP contribution >= 0.6 is 0 Å². The zero-order chi connectivity index (χ0) is 44.8. The Kier molecular flexibility index (Phi) is 17.2. The van der Waals surface area contributed by atoms with Crippen molar-refractivity contribution in [1.82, 2.24) is 15.0 Å². The molecule has 10 nitrogen and oxygen atoms in total. The van der Waals surface area contributed by atoms with Crippen molar-refractivity contribution >= 4 is 76.9 Å². The molecule has 0 radical (unpaired) electrons. The maximum Gasteiger partial charge on any atom is 2.00 e. The van der Waals surface area contributed by atoms with Crippen LogP contribution in [-0.4, -0.2) is 65.6 Å². The van der Waals surface area contributed by atoms with Crippen molar-refractivity contribution in [3.63, 3.8) is 0 Å². The first kappa shape index (κ1) is 49.5. The molecule has 8 bridgehead atoms. The Hall–Kier alpha value is -4.48. The molecular formula is C52H66MgN4O6-2. The molecule has 1 aliphatic carbocycles. The number of nitrogens with zero attached hydrogens (tertiary/aromatic N) is 4. The Morgan fingerprint density at radius 1 is 0.921 bits per heavy atom. The van der Waals surface area contributed by atoms with E-state index in [0.29, 0.717) is 73.8 Å². The van der Waals surface area contributed by atoms with Crippen molar-refractivity contribution < 1.29 is 29.0 Å². The van der Waals surface area contributed by atoms with Gasteiger partial charge in [0.15, 0.2) is 5.78 Å². The molecule has 1 fully saturated rings. The molecular weight excluding hydrogens is 801 g/mol. The number of hydrogen-bond donors (Lipinski definition) is 1. The normalized spacial score (nSPS) is 22.2. The van der Waals surface area contributed by atoms with Crippen molar-refractivity contribution in [3.8, 4) is 0 Å². The summed E-state index contributed by atoms with van der Waals surface area (Å²) in [4.78, 5) is 56.4. The molecule has 0 saturated carbocycles. The summed E-state index contributed by atoms with van der Waals surface area (Å²) in [5.41, 5.74) is 7.98. The van der Waals surface area contributed by atoms with Crippen LogP contribution in [0.15, 0.2) is 23.9 Å². The number of aliphatic hydroxyl groups is 1. The van der Waals surface area contributed by atoms with Gasteiger partial charge in [-0.15, -0.1) is 33.1 Å². The third-order valence-corrected chi connectivity index (χ3v) is 13.7. The predicted octanol–water partition coefficient (Wildman–Crippen LogP) is 7.13. The number of fused-ring (bicyclic) bond motifs is 8. The van der Waals surface area contributed by atoms with E-state index in [9.17, 15) is 19.5 Å². The van der Waals surface area contributed by atoms with Gasteiger partial charge in [-0.25, -0.2) is 0 Å². The van der Waals surface area contributed by atoms with E-state index in [2.05, 4.69) is 41.2 Å². The van der Waals surface area contributed by atoms with E-state index in [-0.39, 0.29) is 59.7 Å². The van der Waals surface area contributed by atoms with Gasteiger partial charge in [-0.05, 0) is 87.0 Å². The molecule has 3 aromatic rings. The van der Waals surface area contributed by atoms with E-state index in [1.54, 1.807) is 6.08 Å². The fraction of sp³-hybridized carbons (Fsp3) is 0.519. The largest absolute Gasteiger partial charge is 2.00 e. The summed E-state index contributed by atoms with van der Waals surface area (Å²) in [6, 6.07) is -0.650. The Bertz CT molecular complexity index is 2500. The molecule has 3 aromatic heterocycles. The summed E-state index contributed by atoms with van der Waals surface area (Å²) in [6.07, 6.45) is 21.4. The van der Waals surface area contributed by atoms with Crippen molar-refractivity contribution in [1.29, 1.82) is 0 Å². The van der Waals surface area contributed by atoms with Crippen molar-refractivity contribution in [2.24, 2.45) is 29.6 Å². The number of ether oxygens (including phenoxy) is 2. The maximum atomic E-state index is 14.4. The van der Waals surface area contributed by atoms with E-state index in [4.69, 9.17) is 29.7 Å². The standard InChI is InChI=1S/C52H66N4O6.Mg/c1-11-16-29(4)17-14-18-30(5)19-15-20-31(6)23-24-62-45(58)22-21-37-33(8)40-25-39-32(7)35(12-2)42(53-39)27-44-38(28-57)36(13-3)43(54-44)26-41-34(9)46-50(56-41)47(49(37)55-40)48(51(46)59)52(60)61-10;/h12,23,25-30,33,37,48-49H,2,11,13-22,24H2,1,3-10H3,(H,57,59);/q-4;+2/b31-23+,40-25-,44-27-;/t29-,30+,33+,37+,48-,49?;/m1./s1. The molecule has 0 aromatic carbocycles. The Labute approximate surface area is 389 Å². The summed E-state index contributed by atoms with van der Waals surface area (Å²) in [5, 5.41) is 17.8. The molecule has 2 aliphatic heterocycles. The van der Waals surface area contributed by atoms with Gasteiger partial charge in [-0.1, -0.05) is 138 Å². The second-order valence-corrected chi connectivity index (χ2v) is 18.0. The zero-order valence-corrected chi connectivity index (χ0v) is 40.5. The van der Waals surface area contributed by atoms with Crippen molar-refractivity contribution in [3.05, 3.63) is 95.4 Å². The Morgan fingerprint density at radius 2 is 1.62 bits per heavy atom. The van der Waals surface area contributed by atoms with Gasteiger partial charge in [0.05, 0.1) is 13.4 Å². The molecule has 0 amide bonds. The Morgan fingerprint density at radius 3 is 2.29 bits per heavy atom. The van der Waals surface area contributed by atoms with Crippen LogP contribution in [0.1, 0.15) is 155 Å². The fourth-order valence-corrected chi connectivity index (χ4v) is 9.91. The minimum Gasteiger partial charge on any atom is -0.681 e. The molecule has 6 rings (SSSR count). The van der Waals surface area contributed by atoms with E-state index in [1.807, 2.05) is 45.1 Å². The van der Waals surface area contributed by atoms with Gasteiger partial charge in [-0.2, -0.15) is 5.70 Å². The smallest absolute Gasteiger partial charge is 0.681 e. The quantitative estimate of drug-likeness (QED) is 0.0611. The maximum absolute atomic E-state index is 14.4. The third-order valence-electron chi connectivity index (χ3n) is 13.7. The van der Waals surface area contributed by atoms with Crippen LogP contribution in [0.4, 0.5) is 0 Å².